The molecule has 5 nitrogen and oxygen atoms in total. The molecule has 3 rings (SSSR count). The molecule has 1 saturated carbocycles. The third-order valence-corrected chi connectivity index (χ3v) is 5.26. The minimum absolute atomic E-state index is 0.287. The van der Waals surface area contributed by atoms with Gasteiger partial charge in [0.25, 0.3) is 0 Å². The van der Waals surface area contributed by atoms with Crippen molar-refractivity contribution in [2.75, 3.05) is 43.1 Å². The number of sulfone groups is 1. The Morgan fingerprint density at radius 2 is 1.80 bits per heavy atom. The van der Waals surface area contributed by atoms with Gasteiger partial charge in [-0.25, -0.2) is 8.42 Å². The molecule has 2 aliphatic rings. The van der Waals surface area contributed by atoms with Crippen LogP contribution in [-0.2, 0) is 9.84 Å². The van der Waals surface area contributed by atoms with Gasteiger partial charge in [0.15, 0.2) is 9.84 Å². The summed E-state index contributed by atoms with van der Waals surface area (Å²) in [5, 5.41) is 0. The second kappa shape index (κ2) is 4.93. The van der Waals surface area contributed by atoms with Crippen LogP contribution in [0.2, 0.25) is 0 Å². The Bertz CT molecular complexity index is 603. The summed E-state index contributed by atoms with van der Waals surface area (Å²) in [6.45, 7) is 4.05. The average molecular weight is 295 g/mol. The number of piperazine rings is 1. The van der Waals surface area contributed by atoms with E-state index in [9.17, 15) is 8.42 Å². The highest BCUT2D eigenvalue weighted by Crippen LogP contribution is 2.31. The fourth-order valence-corrected chi connectivity index (χ4v) is 3.48. The van der Waals surface area contributed by atoms with Gasteiger partial charge in [0, 0.05) is 38.5 Å². The van der Waals surface area contributed by atoms with Crippen LogP contribution in [0.5, 0.6) is 0 Å². The molecule has 0 atom stereocenters. The normalized spacial score (nSPS) is 21.1. The lowest BCUT2D eigenvalue weighted by molar-refractivity contribution is 0.248. The van der Waals surface area contributed by atoms with E-state index in [1.807, 2.05) is 6.07 Å². The van der Waals surface area contributed by atoms with E-state index in [-0.39, 0.29) is 4.90 Å². The van der Waals surface area contributed by atoms with Gasteiger partial charge in [-0.2, -0.15) is 0 Å². The summed E-state index contributed by atoms with van der Waals surface area (Å²) in [4.78, 5) is 5.08. The zero-order chi connectivity index (χ0) is 14.3. The van der Waals surface area contributed by atoms with Crippen LogP contribution in [0.1, 0.15) is 12.8 Å². The Morgan fingerprint density at radius 1 is 1.15 bits per heavy atom. The van der Waals surface area contributed by atoms with E-state index in [1.165, 1.54) is 19.1 Å². The zero-order valence-electron chi connectivity index (χ0n) is 11.7. The molecule has 0 unspecified atom stereocenters. The highest BCUT2D eigenvalue weighted by Gasteiger charge is 2.31. The van der Waals surface area contributed by atoms with Crippen LogP contribution in [-0.4, -0.2) is 51.8 Å². The average Bonchev–Trinajstić information content (AvgIpc) is 3.22. The summed E-state index contributed by atoms with van der Waals surface area (Å²) in [5.74, 6) is 0. The van der Waals surface area contributed by atoms with Crippen molar-refractivity contribution in [2.45, 2.75) is 23.8 Å². The van der Waals surface area contributed by atoms with Crippen molar-refractivity contribution in [3.8, 4) is 0 Å². The van der Waals surface area contributed by atoms with Crippen molar-refractivity contribution >= 4 is 21.2 Å². The Balaban J connectivity index is 1.74. The fourth-order valence-electron chi connectivity index (χ4n) is 2.82. The number of hydrogen-bond acceptors (Lipinski definition) is 5. The number of rotatable bonds is 3. The summed E-state index contributed by atoms with van der Waals surface area (Å²) >= 11 is 0. The summed E-state index contributed by atoms with van der Waals surface area (Å²) in [7, 11) is -3.19. The molecule has 1 saturated heterocycles. The van der Waals surface area contributed by atoms with Gasteiger partial charge < -0.3 is 10.6 Å². The highest BCUT2D eigenvalue weighted by molar-refractivity contribution is 7.90. The van der Waals surface area contributed by atoms with E-state index < -0.39 is 9.84 Å². The fraction of sp³-hybridized carbons (Fsp3) is 0.571. The minimum Gasteiger partial charge on any atom is -0.397 e. The molecule has 0 spiro atoms. The Morgan fingerprint density at radius 3 is 2.30 bits per heavy atom. The van der Waals surface area contributed by atoms with Crippen LogP contribution in [0.4, 0.5) is 11.4 Å². The lowest BCUT2D eigenvalue weighted by Gasteiger charge is -2.36. The van der Waals surface area contributed by atoms with Crippen molar-refractivity contribution in [3.05, 3.63) is 18.2 Å². The third-order valence-electron chi connectivity index (χ3n) is 4.15. The number of hydrogen-bond donors (Lipinski definition) is 1. The molecule has 0 bridgehead atoms. The van der Waals surface area contributed by atoms with Crippen LogP contribution < -0.4 is 10.6 Å². The first-order chi connectivity index (χ1) is 9.45. The van der Waals surface area contributed by atoms with Gasteiger partial charge in [0.1, 0.15) is 0 Å². The number of nitrogen functional groups attached to an aromatic ring is 1. The quantitative estimate of drug-likeness (QED) is 0.841. The molecular weight excluding hydrogens is 274 g/mol. The SMILES string of the molecule is CS(=O)(=O)c1ccc(N2CCN(C3CC3)CC2)c(N)c1. The summed E-state index contributed by atoms with van der Waals surface area (Å²) < 4.78 is 23.0. The van der Waals surface area contributed by atoms with Gasteiger partial charge in [0.2, 0.25) is 0 Å². The van der Waals surface area contributed by atoms with E-state index in [2.05, 4.69) is 9.80 Å². The predicted molar refractivity (Wildman–Crippen MR) is 80.8 cm³/mol. The van der Waals surface area contributed by atoms with E-state index in [0.29, 0.717) is 5.69 Å². The maximum atomic E-state index is 11.5. The molecular formula is C14H21N3O2S. The molecule has 0 aromatic heterocycles. The van der Waals surface area contributed by atoms with Crippen molar-refractivity contribution in [1.29, 1.82) is 0 Å². The second-order valence-electron chi connectivity index (χ2n) is 5.75. The maximum Gasteiger partial charge on any atom is 0.175 e. The third kappa shape index (κ3) is 2.76. The maximum absolute atomic E-state index is 11.5. The van der Waals surface area contributed by atoms with Crippen LogP contribution >= 0.6 is 0 Å². The molecule has 2 fully saturated rings. The van der Waals surface area contributed by atoms with Gasteiger partial charge in [0.05, 0.1) is 16.3 Å². The smallest absolute Gasteiger partial charge is 0.175 e. The van der Waals surface area contributed by atoms with Gasteiger partial charge in [-0.15, -0.1) is 0 Å². The molecule has 0 radical (unpaired) electrons. The molecule has 1 aliphatic carbocycles. The number of nitrogens with zero attached hydrogens (tertiary/aromatic N) is 2. The molecule has 110 valence electrons. The summed E-state index contributed by atoms with van der Waals surface area (Å²) in [6, 6.07) is 5.85. The van der Waals surface area contributed by atoms with E-state index in [1.54, 1.807) is 12.1 Å². The van der Waals surface area contributed by atoms with Crippen molar-refractivity contribution in [2.24, 2.45) is 0 Å². The first-order valence-corrected chi connectivity index (χ1v) is 8.93. The summed E-state index contributed by atoms with van der Waals surface area (Å²) in [5.41, 5.74) is 7.54. The first-order valence-electron chi connectivity index (χ1n) is 7.04. The highest BCUT2D eigenvalue weighted by atomic mass is 32.2. The Labute approximate surface area is 120 Å². The number of anilines is 2. The van der Waals surface area contributed by atoms with Crippen LogP contribution in [0, 0.1) is 0 Å². The first kappa shape index (κ1) is 13.7. The number of benzene rings is 1. The predicted octanol–water partition coefficient (Wildman–Crippen LogP) is 0.957. The van der Waals surface area contributed by atoms with Crippen molar-refractivity contribution in [3.63, 3.8) is 0 Å². The summed E-state index contributed by atoms with van der Waals surface area (Å²) in [6.07, 6.45) is 3.88. The second-order valence-corrected chi connectivity index (χ2v) is 7.76. The van der Waals surface area contributed by atoms with Crippen LogP contribution in [0.15, 0.2) is 23.1 Å². The molecule has 20 heavy (non-hydrogen) atoms. The largest absolute Gasteiger partial charge is 0.397 e. The van der Waals surface area contributed by atoms with E-state index >= 15 is 0 Å². The van der Waals surface area contributed by atoms with Crippen molar-refractivity contribution in [1.82, 2.24) is 4.90 Å². The zero-order valence-corrected chi connectivity index (χ0v) is 12.6. The van der Waals surface area contributed by atoms with Gasteiger partial charge in [-0.1, -0.05) is 0 Å². The van der Waals surface area contributed by atoms with Gasteiger partial charge in [-0.05, 0) is 31.0 Å². The molecule has 1 aliphatic heterocycles. The van der Waals surface area contributed by atoms with E-state index in [0.717, 1.165) is 37.9 Å². The molecule has 1 aromatic rings. The van der Waals surface area contributed by atoms with Crippen molar-refractivity contribution < 1.29 is 8.42 Å². The molecule has 2 N–H and O–H groups in total. The molecule has 1 heterocycles. The standard InChI is InChI=1S/C14H21N3O2S/c1-20(18,19)12-4-5-14(13(15)10-12)17-8-6-16(7-9-17)11-2-3-11/h4-5,10-11H,2-3,6-9,15H2,1H3. The lowest BCUT2D eigenvalue weighted by Crippen LogP contribution is -2.47. The lowest BCUT2D eigenvalue weighted by atomic mass is 10.2. The Kier molecular flexibility index (Phi) is 3.38. The topological polar surface area (TPSA) is 66.6 Å². The molecule has 6 heteroatoms. The molecule has 0 amide bonds. The monoisotopic (exact) mass is 295 g/mol. The molecule has 1 aromatic carbocycles. The minimum atomic E-state index is -3.19. The Hall–Kier alpha value is -1.27. The van der Waals surface area contributed by atoms with Crippen LogP contribution in [0.3, 0.4) is 0 Å². The van der Waals surface area contributed by atoms with Gasteiger partial charge in [-0.3, -0.25) is 4.90 Å². The van der Waals surface area contributed by atoms with Crippen LogP contribution in [0.25, 0.3) is 0 Å². The van der Waals surface area contributed by atoms with Gasteiger partial charge >= 0.3 is 0 Å². The number of nitrogens with two attached hydrogens (primary N) is 1. The van der Waals surface area contributed by atoms with E-state index in [4.69, 9.17) is 5.73 Å².